The van der Waals surface area contributed by atoms with Gasteiger partial charge in [0.15, 0.2) is 0 Å². The Bertz CT molecular complexity index is 2830. The minimum Gasteiger partial charge on any atom is -0.468 e. The number of hydrogen-bond donors (Lipinski definition) is 3. The molecule has 0 bridgehead atoms. The van der Waals surface area contributed by atoms with E-state index >= 15 is 0 Å². The van der Waals surface area contributed by atoms with Crippen molar-refractivity contribution < 1.29 is 32.3 Å². The highest BCUT2D eigenvalue weighted by Crippen LogP contribution is 2.55. The lowest BCUT2D eigenvalue weighted by atomic mass is 9.59. The fraction of sp³-hybridized carbons (Fsp3) is 0.490. The lowest BCUT2D eigenvalue weighted by Gasteiger charge is -2.56. The van der Waals surface area contributed by atoms with E-state index in [-0.39, 0.29) is 23.2 Å². The lowest BCUT2D eigenvalue weighted by Crippen LogP contribution is -2.55. The van der Waals surface area contributed by atoms with Gasteiger partial charge in [-0.15, -0.1) is 0 Å². The maximum Gasteiger partial charge on any atom is 0.293 e. The molecule has 1 aliphatic carbocycles. The average Bonchev–Trinajstić information content (AvgIpc) is 4.13. The molecule has 5 fully saturated rings. The van der Waals surface area contributed by atoms with Gasteiger partial charge in [-0.2, -0.15) is 4.98 Å². The van der Waals surface area contributed by atoms with Crippen molar-refractivity contribution in [3.8, 4) is 5.88 Å². The van der Waals surface area contributed by atoms with Crippen molar-refractivity contribution >= 4 is 55.4 Å². The van der Waals surface area contributed by atoms with Crippen molar-refractivity contribution in [1.82, 2.24) is 19.6 Å². The number of nitro benzene ring substituents is 1. The Labute approximate surface area is 396 Å². The largest absolute Gasteiger partial charge is 0.468 e. The number of sulfonamides is 1. The highest BCUT2D eigenvalue weighted by atomic mass is 32.2. The second-order valence-corrected chi connectivity index (χ2v) is 21.8. The summed E-state index contributed by atoms with van der Waals surface area (Å²) < 4.78 is 48.3. The molecule has 3 aromatic carbocycles. The SMILES string of the molecule is CC(C)c1ccccc1[C@@H]1CCCN1C1CC2(CCN(c3ccc(C(=O)NS(=O)(=O)c4ccc(NCC5CCOCC5)c([N+](=O)[O-])c4)c(N4c5cc6cc[nH]c6nc5O[C@@H]5COC[C@H]54)c3)CC2)C1. The third-order valence-electron chi connectivity index (χ3n) is 15.7. The first kappa shape index (κ1) is 44.7. The molecule has 4 saturated heterocycles. The summed E-state index contributed by atoms with van der Waals surface area (Å²) in [7, 11) is -4.59. The zero-order valence-electron chi connectivity index (χ0n) is 38.7. The Morgan fingerprint density at radius 1 is 0.956 bits per heavy atom. The van der Waals surface area contributed by atoms with Crippen molar-refractivity contribution in [2.75, 3.05) is 67.7 Å². The molecule has 16 nitrogen and oxygen atoms in total. The average molecular weight is 945 g/mol. The van der Waals surface area contributed by atoms with Crippen LogP contribution in [0.4, 0.5) is 28.4 Å². The molecule has 2 aromatic heterocycles. The van der Waals surface area contributed by atoms with Crippen LogP contribution in [0.15, 0.2) is 83.9 Å². The predicted molar refractivity (Wildman–Crippen MR) is 260 cm³/mol. The van der Waals surface area contributed by atoms with E-state index in [1.807, 2.05) is 35.4 Å². The number of piperidine rings is 1. The van der Waals surface area contributed by atoms with Crippen LogP contribution in [0.5, 0.6) is 5.88 Å². The van der Waals surface area contributed by atoms with E-state index in [1.165, 1.54) is 48.9 Å². The second-order valence-electron chi connectivity index (χ2n) is 20.1. The number of aromatic amines is 1. The van der Waals surface area contributed by atoms with Gasteiger partial charge in [0, 0.05) is 68.3 Å². The van der Waals surface area contributed by atoms with Gasteiger partial charge < -0.3 is 34.3 Å². The number of likely N-dealkylation sites (tertiary alicyclic amines) is 1. The number of H-pyrrole nitrogens is 1. The molecule has 0 radical (unpaired) electrons. The molecule has 68 heavy (non-hydrogen) atoms. The number of nitrogens with zero attached hydrogens (tertiary/aromatic N) is 5. The number of nitrogens with one attached hydrogen (secondary N) is 3. The van der Waals surface area contributed by atoms with Crippen molar-refractivity contribution in [1.29, 1.82) is 0 Å². The van der Waals surface area contributed by atoms with Gasteiger partial charge in [0.25, 0.3) is 21.6 Å². The molecule has 11 rings (SSSR count). The molecule has 6 aliphatic rings. The number of aromatic nitrogens is 2. The molecule has 7 heterocycles. The molecule has 1 amide bonds. The van der Waals surface area contributed by atoms with Crippen LogP contribution in [0, 0.1) is 21.4 Å². The third kappa shape index (κ3) is 8.34. The maximum atomic E-state index is 14.6. The highest BCUT2D eigenvalue weighted by molar-refractivity contribution is 7.90. The van der Waals surface area contributed by atoms with Gasteiger partial charge in [-0.1, -0.05) is 38.1 Å². The molecular weight excluding hydrogens is 885 g/mol. The minimum atomic E-state index is -4.59. The molecule has 1 spiro atoms. The molecule has 3 N–H and O–H groups in total. The van der Waals surface area contributed by atoms with E-state index in [4.69, 9.17) is 19.2 Å². The Hall–Kier alpha value is -5.75. The molecule has 5 aliphatic heterocycles. The van der Waals surface area contributed by atoms with Crippen molar-refractivity contribution in [2.45, 2.75) is 100 Å². The van der Waals surface area contributed by atoms with E-state index in [9.17, 15) is 23.3 Å². The summed E-state index contributed by atoms with van der Waals surface area (Å²) in [4.78, 5) is 41.0. The summed E-state index contributed by atoms with van der Waals surface area (Å²) >= 11 is 0. The standard InChI is InChI=1S/C51H60N8O8S/c1-32(2)38-6-3-4-7-39(38)42-8-5-19-57(42)36-27-51(28-36)16-20-56(21-17-51)35-9-11-40(43(25-35)58-45-24-34-13-18-52-48(34)54-50(45)67-47-31-66-30-46(47)58)49(60)55-68(63,64)37-10-12-41(44(26-37)59(61)62)53-29-33-14-22-65-23-15-33/h3-4,6-7,9-13,18,24-26,32-33,36,42,46-47,53H,5,8,14-17,19-23,27-31H2,1-2H3,(H,52,54)(H,55,60)/t42-,46+,47+/m0/s1. The smallest absolute Gasteiger partial charge is 0.293 e. The number of carbonyl (C=O) groups is 1. The molecule has 3 atom stereocenters. The molecule has 5 aromatic rings. The van der Waals surface area contributed by atoms with E-state index in [2.05, 4.69) is 62.9 Å². The lowest BCUT2D eigenvalue weighted by molar-refractivity contribution is -0.384. The first-order valence-electron chi connectivity index (χ1n) is 24.4. The summed E-state index contributed by atoms with van der Waals surface area (Å²) in [5.41, 5.74) is 5.88. The van der Waals surface area contributed by atoms with Crippen LogP contribution in [0.25, 0.3) is 11.0 Å². The van der Waals surface area contributed by atoms with Gasteiger partial charge in [-0.25, -0.2) is 13.1 Å². The number of fused-ring (bicyclic) bond motifs is 3. The van der Waals surface area contributed by atoms with E-state index in [0.717, 1.165) is 62.5 Å². The van der Waals surface area contributed by atoms with Gasteiger partial charge in [0.1, 0.15) is 23.1 Å². The summed E-state index contributed by atoms with van der Waals surface area (Å²) in [6.45, 7) is 9.82. The number of ether oxygens (including phenoxy) is 3. The summed E-state index contributed by atoms with van der Waals surface area (Å²) in [6.07, 6.45) is 10.0. The zero-order chi connectivity index (χ0) is 46.7. The fourth-order valence-corrected chi connectivity index (χ4v) is 13.0. The minimum absolute atomic E-state index is 0.115. The normalized spacial score (nSPS) is 23.1. The number of benzene rings is 3. The van der Waals surface area contributed by atoms with Crippen LogP contribution in [0.2, 0.25) is 0 Å². The fourth-order valence-electron chi connectivity index (χ4n) is 12.0. The third-order valence-corrected chi connectivity index (χ3v) is 17.0. The number of nitro groups is 1. The van der Waals surface area contributed by atoms with Gasteiger partial charge in [0.2, 0.25) is 5.88 Å². The Morgan fingerprint density at radius 2 is 1.76 bits per heavy atom. The Balaban J connectivity index is 0.865. The van der Waals surface area contributed by atoms with E-state index < -0.39 is 37.5 Å². The van der Waals surface area contributed by atoms with Crippen LogP contribution in [0.3, 0.4) is 0 Å². The molecule has 0 unspecified atom stereocenters. The van der Waals surface area contributed by atoms with Crippen LogP contribution in [-0.2, 0) is 19.5 Å². The molecule has 17 heteroatoms. The quantitative estimate of drug-likeness (QED) is 0.0801. The number of rotatable bonds is 12. The number of hydrogen-bond acceptors (Lipinski definition) is 13. The van der Waals surface area contributed by atoms with Crippen LogP contribution in [-0.4, -0.2) is 105 Å². The van der Waals surface area contributed by atoms with Gasteiger partial charge in [-0.3, -0.25) is 19.8 Å². The predicted octanol–water partition coefficient (Wildman–Crippen LogP) is 8.44. The summed E-state index contributed by atoms with van der Waals surface area (Å²) in [6, 6.07) is 22.9. The number of pyridine rings is 1. The van der Waals surface area contributed by atoms with Crippen molar-refractivity contribution in [3.05, 3.63) is 106 Å². The van der Waals surface area contributed by atoms with E-state index in [1.54, 1.807) is 6.07 Å². The van der Waals surface area contributed by atoms with Crippen LogP contribution < -0.4 is 24.6 Å². The maximum absolute atomic E-state index is 14.6. The van der Waals surface area contributed by atoms with Crippen molar-refractivity contribution in [2.24, 2.45) is 11.3 Å². The topological polar surface area (TPSA) is 184 Å². The second kappa shape index (κ2) is 18.0. The first-order valence-corrected chi connectivity index (χ1v) is 25.8. The number of anilines is 4. The Kier molecular flexibility index (Phi) is 11.8. The summed E-state index contributed by atoms with van der Waals surface area (Å²) in [5.74, 6) is 0.269. The Morgan fingerprint density at radius 3 is 2.56 bits per heavy atom. The summed E-state index contributed by atoms with van der Waals surface area (Å²) in [5, 5.41) is 16.3. The molecule has 358 valence electrons. The van der Waals surface area contributed by atoms with Crippen LogP contribution >= 0.6 is 0 Å². The van der Waals surface area contributed by atoms with Gasteiger partial charge >= 0.3 is 0 Å². The molecule has 1 saturated carbocycles. The highest BCUT2D eigenvalue weighted by Gasteiger charge is 2.50. The van der Waals surface area contributed by atoms with Crippen LogP contribution in [0.1, 0.15) is 98.7 Å². The first-order chi connectivity index (χ1) is 32.9. The monoisotopic (exact) mass is 944 g/mol. The number of carbonyl (C=O) groups excluding carboxylic acids is 1. The zero-order valence-corrected chi connectivity index (χ0v) is 39.5. The van der Waals surface area contributed by atoms with Crippen molar-refractivity contribution in [3.63, 3.8) is 0 Å². The van der Waals surface area contributed by atoms with Gasteiger partial charge in [-0.05, 0) is 129 Å². The van der Waals surface area contributed by atoms with Gasteiger partial charge in [0.05, 0.1) is 40.3 Å². The van der Waals surface area contributed by atoms with E-state index in [0.29, 0.717) is 79.3 Å². The number of amides is 1. The molecular formula is C51H60N8O8S.